The second kappa shape index (κ2) is 8.11. The number of likely N-dealkylation sites (tertiary alicyclic amines) is 1. The molecule has 5 heteroatoms. The first-order valence-electron chi connectivity index (χ1n) is 9.39. The molecule has 1 aromatic carbocycles. The molecular formula is C21H32N2O3. The van der Waals surface area contributed by atoms with E-state index in [-0.39, 0.29) is 24.0 Å². The second-order valence-corrected chi connectivity index (χ2v) is 8.28. The Bertz CT molecular complexity index is 626. The molecule has 1 atom stereocenters. The summed E-state index contributed by atoms with van der Waals surface area (Å²) in [6.07, 6.45) is 1.08. The molecule has 0 spiro atoms. The van der Waals surface area contributed by atoms with Crippen molar-refractivity contribution in [3.05, 3.63) is 35.4 Å². The SMILES string of the molecule is Cc1ccc(C(C)N(C)C(=O)C2CCN(C(=O)OC(C)(C)C)CC2)cc1. The zero-order valence-electron chi connectivity index (χ0n) is 16.9. The van der Waals surface area contributed by atoms with Crippen LogP contribution in [0.2, 0.25) is 0 Å². The fourth-order valence-electron chi connectivity index (χ4n) is 3.18. The topological polar surface area (TPSA) is 49.9 Å². The van der Waals surface area contributed by atoms with Crippen LogP contribution in [0.3, 0.4) is 0 Å². The van der Waals surface area contributed by atoms with Gasteiger partial charge in [0.1, 0.15) is 5.60 Å². The molecule has 0 saturated carbocycles. The predicted molar refractivity (Wildman–Crippen MR) is 103 cm³/mol. The first-order chi connectivity index (χ1) is 12.1. The van der Waals surface area contributed by atoms with Crippen LogP contribution in [0.4, 0.5) is 4.79 Å². The zero-order chi connectivity index (χ0) is 19.5. The van der Waals surface area contributed by atoms with Gasteiger partial charge in [0.2, 0.25) is 5.91 Å². The van der Waals surface area contributed by atoms with Crippen molar-refractivity contribution in [2.24, 2.45) is 5.92 Å². The Labute approximate surface area is 157 Å². The fourth-order valence-corrected chi connectivity index (χ4v) is 3.18. The van der Waals surface area contributed by atoms with Crippen LogP contribution in [0.25, 0.3) is 0 Å². The van der Waals surface area contributed by atoms with Crippen LogP contribution in [0.5, 0.6) is 0 Å². The highest BCUT2D eigenvalue weighted by atomic mass is 16.6. The molecule has 1 unspecified atom stereocenters. The first kappa shape index (κ1) is 20.3. The van der Waals surface area contributed by atoms with Gasteiger partial charge in [-0.2, -0.15) is 0 Å². The van der Waals surface area contributed by atoms with Gasteiger partial charge in [-0.3, -0.25) is 4.79 Å². The molecular weight excluding hydrogens is 328 g/mol. The lowest BCUT2D eigenvalue weighted by atomic mass is 9.94. The van der Waals surface area contributed by atoms with Crippen LogP contribution in [-0.4, -0.2) is 47.5 Å². The van der Waals surface area contributed by atoms with E-state index >= 15 is 0 Å². The van der Waals surface area contributed by atoms with Crippen LogP contribution < -0.4 is 0 Å². The van der Waals surface area contributed by atoms with Gasteiger partial charge < -0.3 is 14.5 Å². The molecule has 2 amide bonds. The van der Waals surface area contributed by atoms with Gasteiger partial charge >= 0.3 is 6.09 Å². The average Bonchev–Trinajstić information content (AvgIpc) is 2.59. The largest absolute Gasteiger partial charge is 0.444 e. The number of carbonyl (C=O) groups excluding carboxylic acids is 2. The van der Waals surface area contributed by atoms with Crippen molar-refractivity contribution in [3.63, 3.8) is 0 Å². The van der Waals surface area contributed by atoms with Gasteiger partial charge in [-0.1, -0.05) is 29.8 Å². The van der Waals surface area contributed by atoms with Crippen LogP contribution >= 0.6 is 0 Å². The molecule has 2 rings (SSSR count). The van der Waals surface area contributed by atoms with Gasteiger partial charge in [0, 0.05) is 26.1 Å². The molecule has 0 aromatic heterocycles. The molecule has 1 aromatic rings. The van der Waals surface area contributed by atoms with Crippen LogP contribution in [0.1, 0.15) is 57.7 Å². The molecule has 5 nitrogen and oxygen atoms in total. The minimum absolute atomic E-state index is 0.0342. The highest BCUT2D eigenvalue weighted by Gasteiger charge is 2.32. The Morgan fingerprint density at radius 1 is 1.15 bits per heavy atom. The fraction of sp³-hybridized carbons (Fsp3) is 0.619. The van der Waals surface area contributed by atoms with E-state index in [2.05, 4.69) is 38.1 Å². The van der Waals surface area contributed by atoms with Crippen molar-refractivity contribution >= 4 is 12.0 Å². The van der Waals surface area contributed by atoms with Gasteiger partial charge in [0.25, 0.3) is 0 Å². The van der Waals surface area contributed by atoms with Crippen molar-refractivity contribution in [1.29, 1.82) is 0 Å². The Balaban J connectivity index is 1.91. The van der Waals surface area contributed by atoms with Gasteiger partial charge in [0.15, 0.2) is 0 Å². The first-order valence-corrected chi connectivity index (χ1v) is 9.39. The van der Waals surface area contributed by atoms with E-state index in [1.165, 1.54) is 5.56 Å². The lowest BCUT2D eigenvalue weighted by molar-refractivity contribution is -0.137. The number of aryl methyl sites for hydroxylation is 1. The summed E-state index contributed by atoms with van der Waals surface area (Å²) in [5, 5.41) is 0. The Morgan fingerprint density at radius 3 is 2.19 bits per heavy atom. The van der Waals surface area contributed by atoms with E-state index in [1.54, 1.807) is 4.90 Å². The van der Waals surface area contributed by atoms with Crippen molar-refractivity contribution < 1.29 is 14.3 Å². The van der Waals surface area contributed by atoms with Gasteiger partial charge in [0.05, 0.1) is 6.04 Å². The van der Waals surface area contributed by atoms with Gasteiger partial charge in [-0.15, -0.1) is 0 Å². The predicted octanol–water partition coefficient (Wildman–Crippen LogP) is 4.16. The third-order valence-corrected chi connectivity index (χ3v) is 4.98. The summed E-state index contributed by atoms with van der Waals surface area (Å²) in [6, 6.07) is 8.34. The van der Waals surface area contributed by atoms with E-state index in [9.17, 15) is 9.59 Å². The normalized spacial score (nSPS) is 16.9. The van der Waals surface area contributed by atoms with E-state index in [0.717, 1.165) is 5.56 Å². The van der Waals surface area contributed by atoms with Crippen molar-refractivity contribution in [2.75, 3.05) is 20.1 Å². The average molecular weight is 360 g/mol. The number of piperidine rings is 1. The van der Waals surface area contributed by atoms with E-state index < -0.39 is 5.60 Å². The molecule has 144 valence electrons. The van der Waals surface area contributed by atoms with E-state index in [4.69, 9.17) is 4.74 Å². The summed E-state index contributed by atoms with van der Waals surface area (Å²) in [5.74, 6) is 0.119. The quantitative estimate of drug-likeness (QED) is 0.813. The molecule has 1 heterocycles. The van der Waals surface area contributed by atoms with Crippen molar-refractivity contribution in [2.45, 2.75) is 59.1 Å². The highest BCUT2D eigenvalue weighted by molar-refractivity contribution is 5.79. The molecule has 0 N–H and O–H groups in total. The third kappa shape index (κ3) is 5.23. The van der Waals surface area contributed by atoms with Crippen molar-refractivity contribution in [1.82, 2.24) is 9.80 Å². The summed E-state index contributed by atoms with van der Waals surface area (Å²) >= 11 is 0. The molecule has 1 saturated heterocycles. The third-order valence-electron chi connectivity index (χ3n) is 4.98. The maximum atomic E-state index is 12.9. The molecule has 1 aliphatic heterocycles. The number of ether oxygens (including phenoxy) is 1. The Morgan fingerprint density at radius 2 is 1.69 bits per heavy atom. The summed E-state index contributed by atoms with van der Waals surface area (Å²) in [5.41, 5.74) is 1.86. The van der Waals surface area contributed by atoms with Gasteiger partial charge in [-0.25, -0.2) is 4.79 Å². The van der Waals surface area contributed by atoms with E-state index in [1.807, 2.05) is 32.7 Å². The van der Waals surface area contributed by atoms with Crippen LogP contribution in [-0.2, 0) is 9.53 Å². The summed E-state index contributed by atoms with van der Waals surface area (Å²) in [6.45, 7) is 10.8. The van der Waals surface area contributed by atoms with Crippen LogP contribution in [0, 0.1) is 12.8 Å². The molecule has 1 fully saturated rings. The number of benzene rings is 1. The zero-order valence-corrected chi connectivity index (χ0v) is 16.9. The smallest absolute Gasteiger partial charge is 0.410 e. The Hall–Kier alpha value is -2.04. The lowest BCUT2D eigenvalue weighted by Gasteiger charge is -2.35. The number of amides is 2. The highest BCUT2D eigenvalue weighted by Crippen LogP contribution is 2.26. The summed E-state index contributed by atoms with van der Waals surface area (Å²) < 4.78 is 5.42. The number of rotatable bonds is 3. The maximum Gasteiger partial charge on any atom is 0.410 e. The monoisotopic (exact) mass is 360 g/mol. The van der Waals surface area contributed by atoms with Gasteiger partial charge in [-0.05, 0) is 53.0 Å². The second-order valence-electron chi connectivity index (χ2n) is 8.28. The number of nitrogens with zero attached hydrogens (tertiary/aromatic N) is 2. The maximum absolute atomic E-state index is 12.9. The van der Waals surface area contributed by atoms with Crippen molar-refractivity contribution in [3.8, 4) is 0 Å². The summed E-state index contributed by atoms with van der Waals surface area (Å²) in [7, 11) is 1.87. The number of hydrogen-bond donors (Lipinski definition) is 0. The number of hydrogen-bond acceptors (Lipinski definition) is 3. The minimum atomic E-state index is -0.493. The Kier molecular flexibility index (Phi) is 6.32. The number of carbonyl (C=O) groups is 2. The molecule has 0 radical (unpaired) electrons. The minimum Gasteiger partial charge on any atom is -0.444 e. The standard InChI is InChI=1S/C21H32N2O3/c1-15-7-9-17(10-8-15)16(2)22(6)19(24)18-11-13-23(14-12-18)20(25)26-21(3,4)5/h7-10,16,18H,11-14H2,1-6H3. The van der Waals surface area contributed by atoms with Crippen LogP contribution in [0.15, 0.2) is 24.3 Å². The molecule has 26 heavy (non-hydrogen) atoms. The molecule has 0 bridgehead atoms. The lowest BCUT2D eigenvalue weighted by Crippen LogP contribution is -2.45. The summed E-state index contributed by atoms with van der Waals surface area (Å²) in [4.78, 5) is 28.6. The molecule has 1 aliphatic rings. The van der Waals surface area contributed by atoms with E-state index in [0.29, 0.717) is 25.9 Å². The molecule has 0 aliphatic carbocycles.